The molecular formula is C52H53N9O12. The number of anilines is 5. The van der Waals surface area contributed by atoms with Gasteiger partial charge in [-0.1, -0.05) is 36.4 Å². The summed E-state index contributed by atoms with van der Waals surface area (Å²) in [7, 11) is 2.93. The Morgan fingerprint density at radius 1 is 0.644 bits per heavy atom. The van der Waals surface area contributed by atoms with Crippen LogP contribution in [0.1, 0.15) is 55.8 Å². The molecule has 4 aliphatic heterocycles. The van der Waals surface area contributed by atoms with E-state index in [1.165, 1.54) is 14.2 Å². The van der Waals surface area contributed by atoms with E-state index < -0.39 is 61.4 Å². The van der Waals surface area contributed by atoms with Gasteiger partial charge >= 0.3 is 0 Å². The SMILES string of the molecule is COc1cc2c(cc1OCc1cc(COc3cc4c(cc3OC)C(=O)N3c5ccccc5C[C@H]3C(O)N4)cc(NC(=O)CNC(=O)CNC(=O)CNC(=O)CCC(N)=O)c1)NC[C@@H]1Cc3ccccc3N1C2=O. The minimum absolute atomic E-state index is 0.0448. The first-order valence-corrected chi connectivity index (χ1v) is 23.5. The van der Waals surface area contributed by atoms with Crippen molar-refractivity contribution in [2.75, 3.05) is 66.1 Å². The van der Waals surface area contributed by atoms with Crippen LogP contribution in [0.3, 0.4) is 0 Å². The summed E-state index contributed by atoms with van der Waals surface area (Å²) in [5.41, 5.74) is 11.8. The Labute approximate surface area is 418 Å². The van der Waals surface area contributed by atoms with Gasteiger partial charge in [0.05, 0.1) is 68.4 Å². The van der Waals surface area contributed by atoms with Crippen molar-refractivity contribution in [2.45, 2.75) is 57.2 Å². The van der Waals surface area contributed by atoms with Crippen molar-refractivity contribution in [1.82, 2.24) is 16.0 Å². The van der Waals surface area contributed by atoms with Gasteiger partial charge in [0, 0.05) is 48.6 Å². The lowest BCUT2D eigenvalue weighted by Gasteiger charge is -2.26. The van der Waals surface area contributed by atoms with E-state index in [2.05, 4.69) is 31.9 Å². The van der Waals surface area contributed by atoms with Crippen LogP contribution >= 0.6 is 0 Å². The zero-order valence-corrected chi connectivity index (χ0v) is 39.9. The summed E-state index contributed by atoms with van der Waals surface area (Å²) in [5, 5.41) is 27.8. The number of aliphatic hydroxyl groups is 1. The summed E-state index contributed by atoms with van der Waals surface area (Å²) >= 11 is 0. The van der Waals surface area contributed by atoms with Gasteiger partial charge in [0.2, 0.25) is 29.5 Å². The highest BCUT2D eigenvalue weighted by molar-refractivity contribution is 6.13. The lowest BCUT2D eigenvalue weighted by molar-refractivity contribution is -0.128. The second-order valence-electron chi connectivity index (χ2n) is 17.8. The lowest BCUT2D eigenvalue weighted by Crippen LogP contribution is -2.45. The fraction of sp³-hybridized carbons (Fsp3) is 0.288. The van der Waals surface area contributed by atoms with Crippen molar-refractivity contribution in [3.05, 3.63) is 124 Å². The van der Waals surface area contributed by atoms with Gasteiger partial charge < -0.3 is 71.5 Å². The van der Waals surface area contributed by atoms with Crippen LogP contribution < -0.4 is 66.4 Å². The number of carbonyl (C=O) groups is 7. The number of hydrogen-bond acceptors (Lipinski definition) is 14. The lowest BCUT2D eigenvalue weighted by atomic mass is 10.1. The van der Waals surface area contributed by atoms with Gasteiger partial charge in [-0.15, -0.1) is 0 Å². The van der Waals surface area contributed by atoms with Crippen LogP contribution in [0.2, 0.25) is 0 Å². The minimum Gasteiger partial charge on any atom is -0.493 e. The molecule has 1 unspecified atom stereocenters. The molecule has 9 rings (SSSR count). The van der Waals surface area contributed by atoms with E-state index >= 15 is 0 Å². The second kappa shape index (κ2) is 21.2. The number of fused-ring (bicyclic) bond motifs is 8. The summed E-state index contributed by atoms with van der Waals surface area (Å²) in [6, 6.07) is 26.4. The Morgan fingerprint density at radius 2 is 1.18 bits per heavy atom. The molecule has 0 bridgehead atoms. The number of primary amides is 1. The molecule has 5 aromatic carbocycles. The average Bonchev–Trinajstić information content (AvgIpc) is 3.91. The first kappa shape index (κ1) is 49.1. The quantitative estimate of drug-likeness (QED) is 0.0627. The zero-order chi connectivity index (χ0) is 51.3. The highest BCUT2D eigenvalue weighted by Crippen LogP contribution is 2.43. The number of para-hydroxylation sites is 2. The maximum Gasteiger partial charge on any atom is 0.260 e. The van der Waals surface area contributed by atoms with Crippen molar-refractivity contribution >= 4 is 69.8 Å². The van der Waals surface area contributed by atoms with Gasteiger partial charge in [0.1, 0.15) is 19.4 Å². The van der Waals surface area contributed by atoms with Crippen LogP contribution in [0, 0.1) is 0 Å². The molecule has 0 saturated carbocycles. The molecule has 0 fully saturated rings. The number of amides is 7. The normalized spacial score (nSPS) is 16.8. The van der Waals surface area contributed by atoms with Crippen LogP contribution in [-0.2, 0) is 50.0 Å². The molecule has 21 nitrogen and oxygen atoms in total. The molecular weight excluding hydrogens is 943 g/mol. The number of benzene rings is 5. The maximum absolute atomic E-state index is 14.1. The van der Waals surface area contributed by atoms with Gasteiger partial charge in [0.15, 0.2) is 23.0 Å². The van der Waals surface area contributed by atoms with E-state index in [1.54, 1.807) is 47.4 Å². The largest absolute Gasteiger partial charge is 0.493 e. The predicted molar refractivity (Wildman–Crippen MR) is 267 cm³/mol. The van der Waals surface area contributed by atoms with Crippen molar-refractivity contribution in [2.24, 2.45) is 5.73 Å². The Morgan fingerprint density at radius 3 is 1.79 bits per heavy atom. The first-order valence-electron chi connectivity index (χ1n) is 23.5. The Bertz CT molecular complexity index is 3040. The van der Waals surface area contributed by atoms with E-state index in [0.717, 1.165) is 22.5 Å². The van der Waals surface area contributed by atoms with Gasteiger partial charge in [-0.05, 0) is 77.6 Å². The molecule has 0 spiro atoms. The van der Waals surface area contributed by atoms with Crippen LogP contribution in [0.5, 0.6) is 23.0 Å². The van der Waals surface area contributed by atoms with E-state index in [-0.39, 0.29) is 61.0 Å². The van der Waals surface area contributed by atoms with Crippen molar-refractivity contribution in [3.63, 3.8) is 0 Å². The number of carbonyl (C=O) groups excluding carboxylic acids is 7. The van der Waals surface area contributed by atoms with Crippen LogP contribution in [0.25, 0.3) is 0 Å². The minimum atomic E-state index is -1.10. The highest BCUT2D eigenvalue weighted by atomic mass is 16.5. The highest BCUT2D eigenvalue weighted by Gasteiger charge is 2.42. The van der Waals surface area contributed by atoms with Crippen LogP contribution in [-0.4, -0.2) is 105 Å². The van der Waals surface area contributed by atoms with Gasteiger partial charge in [-0.25, -0.2) is 0 Å². The summed E-state index contributed by atoms with van der Waals surface area (Å²) < 4.78 is 24.2. The Hall–Kier alpha value is -8.85. The van der Waals surface area contributed by atoms with E-state index in [1.807, 2.05) is 53.4 Å². The number of nitrogens with one attached hydrogen (secondary N) is 6. The Kier molecular flexibility index (Phi) is 14.3. The topological polar surface area (TPSA) is 281 Å². The van der Waals surface area contributed by atoms with Crippen LogP contribution in [0.15, 0.2) is 91.0 Å². The van der Waals surface area contributed by atoms with Gasteiger partial charge in [-0.3, -0.25) is 33.6 Å². The molecule has 73 heavy (non-hydrogen) atoms. The second-order valence-corrected chi connectivity index (χ2v) is 17.8. The average molecular weight is 996 g/mol. The summed E-state index contributed by atoms with van der Waals surface area (Å²) in [6.45, 7) is -1.01. The van der Waals surface area contributed by atoms with Gasteiger partial charge in [-0.2, -0.15) is 0 Å². The molecule has 21 heteroatoms. The third kappa shape index (κ3) is 10.8. The van der Waals surface area contributed by atoms with Gasteiger partial charge in [0.25, 0.3) is 11.8 Å². The standard InChI is InChI=1S/C52H53N9O12/c1-70-41-18-34-36(54-22-33-16-30-7-3-5-9-38(30)60(33)51(34)68)20-43(41)72-26-28-13-29(15-32(14-28)58-49(66)25-57-48(65)24-56-47(64)23-55-46(63)12-11-45(53)62)27-73-44-21-37-35(19-42(44)71-2)52(69)61-39-10-6-4-8-31(39)17-40(61)50(67)59-37/h3-10,13-15,18-21,33,40,50,54,59,67H,11-12,16-17,22-27H2,1-2H3,(H2,53,62)(H,55,63)(H,56,64)(H,57,65)(H,58,66)/t33-,40-,50?/m0/s1. The molecule has 4 heterocycles. The molecule has 3 atom stereocenters. The van der Waals surface area contributed by atoms with E-state index in [9.17, 15) is 38.7 Å². The monoisotopic (exact) mass is 995 g/mol. The molecule has 0 saturated heterocycles. The van der Waals surface area contributed by atoms with E-state index in [4.69, 9.17) is 24.7 Å². The first-order chi connectivity index (χ1) is 35.3. The Balaban J connectivity index is 0.914. The summed E-state index contributed by atoms with van der Waals surface area (Å²) in [5.74, 6) is -2.48. The summed E-state index contributed by atoms with van der Waals surface area (Å²) in [4.78, 5) is 92.3. The third-order valence-corrected chi connectivity index (χ3v) is 12.8. The molecule has 0 radical (unpaired) electrons. The van der Waals surface area contributed by atoms with Crippen molar-refractivity contribution < 1.29 is 57.6 Å². The van der Waals surface area contributed by atoms with E-state index in [0.29, 0.717) is 64.6 Å². The zero-order valence-electron chi connectivity index (χ0n) is 39.9. The predicted octanol–water partition coefficient (Wildman–Crippen LogP) is 2.73. The number of rotatable bonds is 18. The number of hydrogen-bond donors (Lipinski definition) is 8. The number of methoxy groups -OCH3 is 2. The maximum atomic E-state index is 14.1. The number of aliphatic hydroxyl groups excluding tert-OH is 1. The fourth-order valence-corrected chi connectivity index (χ4v) is 9.37. The van der Waals surface area contributed by atoms with Crippen LogP contribution in [0.4, 0.5) is 28.4 Å². The molecule has 5 aromatic rings. The van der Waals surface area contributed by atoms with Crippen molar-refractivity contribution in [1.29, 1.82) is 0 Å². The molecule has 378 valence electrons. The smallest absolute Gasteiger partial charge is 0.260 e. The molecule has 7 amide bonds. The third-order valence-electron chi connectivity index (χ3n) is 12.8. The molecule has 0 aromatic heterocycles. The number of ether oxygens (including phenoxy) is 4. The molecule has 9 N–H and O–H groups in total. The molecule has 0 aliphatic carbocycles. The summed E-state index contributed by atoms with van der Waals surface area (Å²) in [6.07, 6.45) is -0.291. The number of nitrogens with two attached hydrogens (primary N) is 1. The fourth-order valence-electron chi connectivity index (χ4n) is 9.37. The van der Waals surface area contributed by atoms with Crippen molar-refractivity contribution in [3.8, 4) is 23.0 Å². The number of nitrogens with zero attached hydrogens (tertiary/aromatic N) is 2. The molecule has 4 aliphatic rings.